The maximum Gasteiger partial charge on any atom is 0.460 e. The Morgan fingerprint density at radius 2 is 1.32 bits per heavy atom. The summed E-state index contributed by atoms with van der Waals surface area (Å²) in [6.07, 6.45) is -15.1. The fourth-order valence-corrected chi connectivity index (χ4v) is 1.74. The zero-order chi connectivity index (χ0) is 22.6. The fourth-order valence-electron chi connectivity index (χ4n) is 1.74. The molecule has 0 bridgehead atoms. The molecule has 6 nitrogen and oxygen atoms in total. The standard InChI is InChI=1S/C13H13F9O6/c14-10(15,11(16,17)12(18,19)13(20,21)22)4-2-1-3-8(25)28-6(9(26)27)5-7(23)24/h6H,1-5H2,(H,23,24)(H,26,27). The van der Waals surface area contributed by atoms with Crippen molar-refractivity contribution in [2.75, 3.05) is 0 Å². The lowest BCUT2D eigenvalue weighted by atomic mass is 9.98. The number of carbonyl (C=O) groups is 3. The molecule has 1 atom stereocenters. The van der Waals surface area contributed by atoms with Crippen molar-refractivity contribution < 1.29 is 68.8 Å². The molecule has 0 fully saturated rings. The van der Waals surface area contributed by atoms with Crippen molar-refractivity contribution in [3.63, 3.8) is 0 Å². The molecule has 0 saturated heterocycles. The van der Waals surface area contributed by atoms with Crippen LogP contribution in [0, 0.1) is 0 Å². The monoisotopic (exact) mass is 436 g/mol. The molecule has 15 heteroatoms. The Balaban J connectivity index is 4.76. The zero-order valence-corrected chi connectivity index (χ0v) is 13.5. The van der Waals surface area contributed by atoms with Crippen molar-refractivity contribution in [3.8, 4) is 0 Å². The van der Waals surface area contributed by atoms with Gasteiger partial charge in [-0.15, -0.1) is 0 Å². The molecule has 0 aromatic heterocycles. The second-order valence-electron chi connectivity index (χ2n) is 5.47. The molecule has 0 amide bonds. The van der Waals surface area contributed by atoms with Crippen LogP contribution in [0.5, 0.6) is 0 Å². The summed E-state index contributed by atoms with van der Waals surface area (Å²) in [7, 11) is 0. The molecular weight excluding hydrogens is 423 g/mol. The Morgan fingerprint density at radius 1 is 0.821 bits per heavy atom. The van der Waals surface area contributed by atoms with E-state index in [0.29, 0.717) is 0 Å². The number of carbonyl (C=O) groups excluding carboxylic acids is 1. The molecule has 0 radical (unpaired) electrons. The molecule has 2 N–H and O–H groups in total. The van der Waals surface area contributed by atoms with E-state index in [9.17, 15) is 53.9 Å². The van der Waals surface area contributed by atoms with Crippen molar-refractivity contribution in [3.05, 3.63) is 0 Å². The minimum atomic E-state index is -7.01. The normalized spacial score (nSPS) is 14.5. The quantitative estimate of drug-likeness (QED) is 0.292. The Bertz CT molecular complexity index is 588. The molecule has 164 valence electrons. The maximum atomic E-state index is 13.2. The van der Waals surface area contributed by atoms with Gasteiger partial charge in [0.05, 0.1) is 6.42 Å². The first-order valence-electron chi connectivity index (χ1n) is 7.21. The van der Waals surface area contributed by atoms with E-state index in [1.807, 2.05) is 0 Å². The lowest BCUT2D eigenvalue weighted by molar-refractivity contribution is -0.396. The highest BCUT2D eigenvalue weighted by Crippen LogP contribution is 2.54. The molecule has 0 aliphatic carbocycles. The number of esters is 1. The Hall–Kier alpha value is -2.22. The van der Waals surface area contributed by atoms with Gasteiger partial charge in [0.15, 0.2) is 0 Å². The van der Waals surface area contributed by atoms with Crippen molar-refractivity contribution in [2.45, 2.75) is 62.2 Å². The van der Waals surface area contributed by atoms with Crippen LogP contribution in [0.2, 0.25) is 0 Å². The summed E-state index contributed by atoms with van der Waals surface area (Å²) in [5.74, 6) is -24.5. The molecule has 0 aromatic rings. The minimum absolute atomic E-state index is 0.762. The average Bonchev–Trinajstić information content (AvgIpc) is 2.48. The lowest BCUT2D eigenvalue weighted by Crippen LogP contribution is -2.60. The second-order valence-corrected chi connectivity index (χ2v) is 5.47. The highest BCUT2D eigenvalue weighted by Gasteiger charge is 2.81. The van der Waals surface area contributed by atoms with Crippen LogP contribution in [0.25, 0.3) is 0 Å². The van der Waals surface area contributed by atoms with Crippen LogP contribution in [0.15, 0.2) is 0 Å². The van der Waals surface area contributed by atoms with Crippen LogP contribution < -0.4 is 0 Å². The summed E-state index contributed by atoms with van der Waals surface area (Å²) in [6, 6.07) is 0. The van der Waals surface area contributed by atoms with Crippen molar-refractivity contribution in [1.82, 2.24) is 0 Å². The van der Waals surface area contributed by atoms with Gasteiger partial charge in [-0.1, -0.05) is 0 Å². The van der Waals surface area contributed by atoms with Crippen LogP contribution in [-0.2, 0) is 19.1 Å². The third kappa shape index (κ3) is 6.15. The van der Waals surface area contributed by atoms with E-state index in [-0.39, 0.29) is 0 Å². The van der Waals surface area contributed by atoms with Crippen LogP contribution >= 0.6 is 0 Å². The number of ether oxygens (including phenoxy) is 1. The van der Waals surface area contributed by atoms with Gasteiger partial charge in [-0.25, -0.2) is 4.79 Å². The summed E-state index contributed by atoms with van der Waals surface area (Å²) in [4.78, 5) is 32.3. The second kappa shape index (κ2) is 8.86. The molecule has 0 rings (SSSR count). The van der Waals surface area contributed by atoms with Crippen molar-refractivity contribution >= 4 is 17.9 Å². The molecule has 0 aliphatic heterocycles. The molecule has 0 saturated carbocycles. The van der Waals surface area contributed by atoms with E-state index in [0.717, 1.165) is 0 Å². The molecular formula is C13H13F9O6. The highest BCUT2D eigenvalue weighted by molar-refractivity contribution is 5.82. The van der Waals surface area contributed by atoms with Gasteiger partial charge in [-0.2, -0.15) is 39.5 Å². The van der Waals surface area contributed by atoms with Gasteiger partial charge in [0.2, 0.25) is 6.10 Å². The highest BCUT2D eigenvalue weighted by atomic mass is 19.4. The number of rotatable bonds is 11. The molecule has 1 unspecified atom stereocenters. The van der Waals surface area contributed by atoms with E-state index >= 15 is 0 Å². The predicted molar refractivity (Wildman–Crippen MR) is 69.1 cm³/mol. The van der Waals surface area contributed by atoms with E-state index in [1.54, 1.807) is 0 Å². The van der Waals surface area contributed by atoms with Gasteiger partial charge in [-0.3, -0.25) is 9.59 Å². The summed E-state index contributed by atoms with van der Waals surface area (Å²) in [5.41, 5.74) is 0. The van der Waals surface area contributed by atoms with E-state index < -0.39 is 80.1 Å². The van der Waals surface area contributed by atoms with E-state index in [2.05, 4.69) is 4.74 Å². The summed E-state index contributed by atoms with van der Waals surface area (Å²) in [6.45, 7) is 0. The predicted octanol–water partition coefficient (Wildman–Crippen LogP) is 3.49. The van der Waals surface area contributed by atoms with Gasteiger partial charge in [0.25, 0.3) is 0 Å². The first-order valence-corrected chi connectivity index (χ1v) is 7.21. The molecule has 0 heterocycles. The van der Waals surface area contributed by atoms with Crippen molar-refractivity contribution in [2.24, 2.45) is 0 Å². The average molecular weight is 436 g/mol. The van der Waals surface area contributed by atoms with Gasteiger partial charge >= 0.3 is 41.9 Å². The molecule has 0 aliphatic rings. The van der Waals surface area contributed by atoms with Crippen LogP contribution in [0.3, 0.4) is 0 Å². The minimum Gasteiger partial charge on any atom is -0.481 e. The number of aliphatic carboxylic acids is 2. The summed E-state index contributed by atoms with van der Waals surface area (Å²) < 4.78 is 118. The fraction of sp³-hybridized carbons (Fsp3) is 0.769. The van der Waals surface area contributed by atoms with E-state index in [4.69, 9.17) is 10.2 Å². The Morgan fingerprint density at radius 3 is 1.71 bits per heavy atom. The number of alkyl halides is 9. The first-order chi connectivity index (χ1) is 12.4. The smallest absolute Gasteiger partial charge is 0.460 e. The van der Waals surface area contributed by atoms with Gasteiger partial charge in [0, 0.05) is 12.8 Å². The van der Waals surface area contributed by atoms with Crippen LogP contribution in [0.1, 0.15) is 32.1 Å². The number of hydrogen-bond acceptors (Lipinski definition) is 4. The third-order valence-electron chi connectivity index (χ3n) is 3.24. The maximum absolute atomic E-state index is 13.2. The number of unbranched alkanes of at least 4 members (excludes halogenated alkanes) is 1. The van der Waals surface area contributed by atoms with Gasteiger partial charge in [-0.05, 0) is 12.8 Å². The molecule has 0 aromatic carbocycles. The Kier molecular flexibility index (Phi) is 8.15. The summed E-state index contributed by atoms with van der Waals surface area (Å²) in [5, 5.41) is 17.0. The number of carboxylic acid groups (broad SMARTS) is 2. The summed E-state index contributed by atoms with van der Waals surface area (Å²) >= 11 is 0. The zero-order valence-electron chi connectivity index (χ0n) is 13.5. The first kappa shape index (κ1) is 25.8. The van der Waals surface area contributed by atoms with E-state index in [1.165, 1.54) is 0 Å². The Labute approximate surface area is 150 Å². The third-order valence-corrected chi connectivity index (χ3v) is 3.24. The number of halogens is 9. The van der Waals surface area contributed by atoms with Gasteiger partial charge in [0.1, 0.15) is 0 Å². The molecule has 0 spiro atoms. The lowest BCUT2D eigenvalue weighted by Gasteiger charge is -2.33. The van der Waals surface area contributed by atoms with Crippen LogP contribution in [0.4, 0.5) is 39.5 Å². The topological polar surface area (TPSA) is 101 Å². The van der Waals surface area contributed by atoms with Crippen molar-refractivity contribution in [1.29, 1.82) is 0 Å². The van der Waals surface area contributed by atoms with Gasteiger partial charge < -0.3 is 14.9 Å². The number of hydrogen-bond donors (Lipinski definition) is 2. The number of carboxylic acids is 2. The molecule has 28 heavy (non-hydrogen) atoms. The van der Waals surface area contributed by atoms with Crippen LogP contribution in [-0.4, -0.2) is 58.2 Å². The SMILES string of the molecule is O=C(O)CC(OC(=O)CCCCC(F)(F)C(F)(F)C(F)(F)C(F)(F)F)C(=O)O. The largest absolute Gasteiger partial charge is 0.481 e.